The Labute approximate surface area is 142 Å². The molecule has 1 N–H and O–H groups in total. The lowest BCUT2D eigenvalue weighted by molar-refractivity contribution is 0.300. The Balaban J connectivity index is 1.89. The first kappa shape index (κ1) is 16.9. The summed E-state index contributed by atoms with van der Waals surface area (Å²) in [6.07, 6.45) is 1.07. The highest BCUT2D eigenvalue weighted by Gasteiger charge is 2.24. The van der Waals surface area contributed by atoms with Gasteiger partial charge in [0.15, 0.2) is 0 Å². The number of benzene rings is 1. The average Bonchev–Trinajstić information content (AvgIpc) is 3.00. The molecule has 2 heterocycles. The van der Waals surface area contributed by atoms with Crippen molar-refractivity contribution in [2.45, 2.75) is 19.9 Å². The number of nitrogens with zero attached hydrogens (tertiary/aromatic N) is 3. The minimum Gasteiger partial charge on any atom is -0.338 e. The smallest absolute Gasteiger partial charge is 0.232 e. The van der Waals surface area contributed by atoms with Gasteiger partial charge >= 0.3 is 0 Å². The van der Waals surface area contributed by atoms with Crippen LogP contribution in [-0.2, 0) is 6.54 Å². The van der Waals surface area contributed by atoms with Crippen LogP contribution in [0.3, 0.4) is 0 Å². The summed E-state index contributed by atoms with van der Waals surface area (Å²) in [6.45, 7) is 7.65. The molecular formula is C18H25FN4O. The number of halogens is 1. The van der Waals surface area contributed by atoms with Crippen molar-refractivity contribution >= 4 is 5.88 Å². The van der Waals surface area contributed by atoms with E-state index in [1.54, 1.807) is 12.1 Å². The van der Waals surface area contributed by atoms with Crippen molar-refractivity contribution in [3.8, 4) is 11.3 Å². The van der Waals surface area contributed by atoms with Gasteiger partial charge in [-0.05, 0) is 44.3 Å². The number of hydrogen-bond donors (Lipinski definition) is 1. The molecule has 1 aromatic carbocycles. The van der Waals surface area contributed by atoms with E-state index in [0.29, 0.717) is 6.54 Å². The molecule has 0 spiro atoms. The highest BCUT2D eigenvalue weighted by Crippen LogP contribution is 2.32. The molecule has 0 unspecified atom stereocenters. The Morgan fingerprint density at radius 2 is 1.88 bits per heavy atom. The van der Waals surface area contributed by atoms with E-state index in [-0.39, 0.29) is 5.82 Å². The van der Waals surface area contributed by atoms with Crippen LogP contribution in [0.5, 0.6) is 0 Å². The van der Waals surface area contributed by atoms with Gasteiger partial charge in [0.1, 0.15) is 11.5 Å². The van der Waals surface area contributed by atoms with Gasteiger partial charge in [0, 0.05) is 38.3 Å². The van der Waals surface area contributed by atoms with Gasteiger partial charge in [0.2, 0.25) is 5.88 Å². The molecule has 0 aliphatic carbocycles. The van der Waals surface area contributed by atoms with Gasteiger partial charge in [0.05, 0.1) is 5.56 Å². The van der Waals surface area contributed by atoms with Crippen molar-refractivity contribution < 1.29 is 8.91 Å². The van der Waals surface area contributed by atoms with Crippen molar-refractivity contribution in [2.24, 2.45) is 0 Å². The zero-order valence-corrected chi connectivity index (χ0v) is 14.4. The molecule has 0 atom stereocenters. The Hall–Kier alpha value is -1.92. The Morgan fingerprint density at radius 3 is 2.54 bits per heavy atom. The summed E-state index contributed by atoms with van der Waals surface area (Å²) in [7, 11) is 2.13. The zero-order chi connectivity index (χ0) is 16.9. The van der Waals surface area contributed by atoms with Gasteiger partial charge in [-0.2, -0.15) is 0 Å². The van der Waals surface area contributed by atoms with Gasteiger partial charge < -0.3 is 19.6 Å². The Morgan fingerprint density at radius 1 is 1.17 bits per heavy atom. The van der Waals surface area contributed by atoms with Crippen LogP contribution in [0, 0.1) is 5.82 Å². The standard InChI is InChI=1S/C18H25FN4O/c1-3-8-20-13-16-17(14-4-6-15(19)7-5-14)21-24-18(16)23-11-9-22(2)10-12-23/h4-7,20H,3,8-13H2,1-2H3. The van der Waals surface area contributed by atoms with Crippen molar-refractivity contribution in [3.05, 3.63) is 35.6 Å². The summed E-state index contributed by atoms with van der Waals surface area (Å²) in [6, 6.07) is 6.43. The molecule has 2 aromatic rings. The first-order valence-corrected chi connectivity index (χ1v) is 8.57. The number of aromatic nitrogens is 1. The monoisotopic (exact) mass is 332 g/mol. The molecule has 1 aromatic heterocycles. The van der Waals surface area contributed by atoms with Gasteiger partial charge in [0.25, 0.3) is 0 Å². The zero-order valence-electron chi connectivity index (χ0n) is 14.4. The van der Waals surface area contributed by atoms with E-state index in [9.17, 15) is 4.39 Å². The summed E-state index contributed by atoms with van der Waals surface area (Å²) < 4.78 is 18.9. The van der Waals surface area contributed by atoms with E-state index in [1.807, 2.05) is 0 Å². The van der Waals surface area contributed by atoms with Crippen LogP contribution in [0.2, 0.25) is 0 Å². The van der Waals surface area contributed by atoms with Crippen LogP contribution >= 0.6 is 0 Å². The van der Waals surface area contributed by atoms with E-state index in [0.717, 1.165) is 61.8 Å². The molecule has 1 fully saturated rings. The predicted octanol–water partition coefficient (Wildman–Crippen LogP) is 2.73. The SMILES string of the molecule is CCCNCc1c(-c2ccc(F)cc2)noc1N1CCN(C)CC1. The van der Waals surface area contributed by atoms with Crippen LogP contribution in [0.1, 0.15) is 18.9 Å². The minimum absolute atomic E-state index is 0.243. The number of hydrogen-bond acceptors (Lipinski definition) is 5. The molecule has 0 amide bonds. The topological polar surface area (TPSA) is 44.5 Å². The van der Waals surface area contributed by atoms with Crippen molar-refractivity contribution in [1.29, 1.82) is 0 Å². The molecule has 0 radical (unpaired) electrons. The molecule has 1 saturated heterocycles. The maximum absolute atomic E-state index is 13.2. The fraction of sp³-hybridized carbons (Fsp3) is 0.500. The number of rotatable bonds is 6. The highest BCUT2D eigenvalue weighted by molar-refractivity contribution is 5.68. The van der Waals surface area contributed by atoms with E-state index in [2.05, 4.69) is 34.2 Å². The van der Waals surface area contributed by atoms with E-state index >= 15 is 0 Å². The first-order valence-electron chi connectivity index (χ1n) is 8.57. The Bertz CT molecular complexity index is 648. The molecule has 1 aliphatic heterocycles. The molecule has 0 bridgehead atoms. The van der Waals surface area contributed by atoms with Crippen LogP contribution in [-0.4, -0.2) is 49.8 Å². The fourth-order valence-electron chi connectivity index (χ4n) is 2.94. The summed E-state index contributed by atoms with van der Waals surface area (Å²) in [4.78, 5) is 4.56. The third-order valence-electron chi connectivity index (χ3n) is 4.40. The second kappa shape index (κ2) is 7.77. The van der Waals surface area contributed by atoms with Crippen LogP contribution in [0.15, 0.2) is 28.8 Å². The lowest BCUT2D eigenvalue weighted by Crippen LogP contribution is -2.44. The second-order valence-electron chi connectivity index (χ2n) is 6.29. The Kier molecular flexibility index (Phi) is 5.48. The minimum atomic E-state index is -0.243. The maximum atomic E-state index is 13.2. The van der Waals surface area contributed by atoms with Gasteiger partial charge in [-0.1, -0.05) is 12.1 Å². The van der Waals surface area contributed by atoms with Crippen LogP contribution in [0.4, 0.5) is 10.3 Å². The van der Waals surface area contributed by atoms with Crippen LogP contribution in [0.25, 0.3) is 11.3 Å². The van der Waals surface area contributed by atoms with Gasteiger partial charge in [-0.25, -0.2) is 4.39 Å². The number of likely N-dealkylation sites (N-methyl/N-ethyl adjacent to an activating group) is 1. The molecule has 3 rings (SSSR count). The summed E-state index contributed by atoms with van der Waals surface area (Å²) in [5.41, 5.74) is 2.74. The normalized spacial score (nSPS) is 15.9. The fourth-order valence-corrected chi connectivity index (χ4v) is 2.94. The predicted molar refractivity (Wildman–Crippen MR) is 93.6 cm³/mol. The quantitative estimate of drug-likeness (QED) is 0.824. The number of nitrogens with one attached hydrogen (secondary N) is 1. The molecule has 130 valence electrons. The summed E-state index contributed by atoms with van der Waals surface area (Å²) in [5.74, 6) is 0.596. The van der Waals surface area contributed by atoms with Crippen LogP contribution < -0.4 is 10.2 Å². The third-order valence-corrected chi connectivity index (χ3v) is 4.40. The number of piperazine rings is 1. The summed E-state index contributed by atoms with van der Waals surface area (Å²) in [5, 5.41) is 7.73. The molecule has 6 heteroatoms. The van der Waals surface area contributed by atoms with E-state index in [1.165, 1.54) is 12.1 Å². The van der Waals surface area contributed by atoms with Crippen molar-refractivity contribution in [1.82, 2.24) is 15.4 Å². The molecule has 24 heavy (non-hydrogen) atoms. The van der Waals surface area contributed by atoms with E-state index < -0.39 is 0 Å². The van der Waals surface area contributed by atoms with Gasteiger partial charge in [-0.15, -0.1) is 0 Å². The number of anilines is 1. The summed E-state index contributed by atoms with van der Waals surface area (Å²) >= 11 is 0. The molecule has 1 aliphatic rings. The van der Waals surface area contributed by atoms with Gasteiger partial charge in [-0.3, -0.25) is 0 Å². The lowest BCUT2D eigenvalue weighted by Gasteiger charge is -2.32. The van der Waals surface area contributed by atoms with Crippen molar-refractivity contribution in [3.63, 3.8) is 0 Å². The van der Waals surface area contributed by atoms with E-state index in [4.69, 9.17) is 4.52 Å². The highest BCUT2D eigenvalue weighted by atomic mass is 19.1. The average molecular weight is 332 g/mol. The second-order valence-corrected chi connectivity index (χ2v) is 6.29. The molecule has 0 saturated carbocycles. The largest absolute Gasteiger partial charge is 0.338 e. The lowest BCUT2D eigenvalue weighted by atomic mass is 10.1. The molecular weight excluding hydrogens is 307 g/mol. The maximum Gasteiger partial charge on any atom is 0.232 e. The molecule has 5 nitrogen and oxygen atoms in total. The van der Waals surface area contributed by atoms with Crippen molar-refractivity contribution in [2.75, 3.05) is 44.7 Å². The first-order chi connectivity index (χ1) is 11.7. The third kappa shape index (κ3) is 3.76.